The second kappa shape index (κ2) is 14.7. The summed E-state index contributed by atoms with van der Waals surface area (Å²) >= 11 is 0. The molecule has 5 N–H and O–H groups in total. The predicted molar refractivity (Wildman–Crippen MR) is 133 cm³/mol. The third-order valence-corrected chi connectivity index (χ3v) is 4.77. The molecule has 0 aliphatic rings. The Bertz CT molecular complexity index is 1010. The standard InChI is InChI=1S/C24H32FN7O3/c1-33-21-8-4-19(5-9-21)17-29-24-31-22(27-11-13-35-15-14-34-12-10-26)30-23(32-24)28-16-18-2-6-20(25)7-3-18/h2-9H,10-17,26H2,1H3,(H3,27,28,29,30,31,32). The number of hydrogen-bond donors (Lipinski definition) is 4. The Morgan fingerprint density at radius 2 is 1.23 bits per heavy atom. The first-order chi connectivity index (χ1) is 17.2. The SMILES string of the molecule is COc1ccc(CNc2nc(NCCOCCOCCN)nc(NCc3ccc(F)cc3)n2)cc1. The molecule has 0 spiro atoms. The Balaban J connectivity index is 1.58. The van der Waals surface area contributed by atoms with Crippen LogP contribution >= 0.6 is 0 Å². The number of benzene rings is 2. The summed E-state index contributed by atoms with van der Waals surface area (Å²) in [7, 11) is 1.63. The predicted octanol–water partition coefficient (Wildman–Crippen LogP) is 2.65. The number of nitrogens with one attached hydrogen (secondary N) is 3. The maximum absolute atomic E-state index is 13.2. The molecule has 35 heavy (non-hydrogen) atoms. The Morgan fingerprint density at radius 1 is 0.714 bits per heavy atom. The molecule has 0 saturated carbocycles. The molecular weight excluding hydrogens is 453 g/mol. The summed E-state index contributed by atoms with van der Waals surface area (Å²) in [5.74, 6) is 1.72. The van der Waals surface area contributed by atoms with Crippen molar-refractivity contribution in [2.75, 3.05) is 62.6 Å². The molecule has 1 heterocycles. The fourth-order valence-electron chi connectivity index (χ4n) is 2.96. The van der Waals surface area contributed by atoms with Crippen LogP contribution in [0.2, 0.25) is 0 Å². The lowest BCUT2D eigenvalue weighted by atomic mass is 10.2. The van der Waals surface area contributed by atoms with Gasteiger partial charge in [0.15, 0.2) is 0 Å². The number of nitrogens with two attached hydrogens (primary N) is 1. The van der Waals surface area contributed by atoms with Crippen LogP contribution in [0, 0.1) is 5.82 Å². The summed E-state index contributed by atoms with van der Waals surface area (Å²) in [4.78, 5) is 13.3. The van der Waals surface area contributed by atoms with Gasteiger partial charge in [0.05, 0.1) is 33.5 Å². The highest BCUT2D eigenvalue weighted by atomic mass is 19.1. The smallest absolute Gasteiger partial charge is 0.229 e. The zero-order chi connectivity index (χ0) is 24.7. The van der Waals surface area contributed by atoms with E-state index in [1.54, 1.807) is 19.2 Å². The van der Waals surface area contributed by atoms with Crippen molar-refractivity contribution in [2.45, 2.75) is 13.1 Å². The molecule has 0 saturated heterocycles. The van der Waals surface area contributed by atoms with E-state index in [2.05, 4.69) is 30.9 Å². The first-order valence-electron chi connectivity index (χ1n) is 11.4. The highest BCUT2D eigenvalue weighted by molar-refractivity contribution is 5.43. The van der Waals surface area contributed by atoms with Crippen LogP contribution in [0.15, 0.2) is 48.5 Å². The second-order valence-electron chi connectivity index (χ2n) is 7.43. The Hall–Kier alpha value is -3.54. The second-order valence-corrected chi connectivity index (χ2v) is 7.43. The quantitative estimate of drug-likeness (QED) is 0.225. The minimum atomic E-state index is -0.279. The van der Waals surface area contributed by atoms with Crippen molar-refractivity contribution in [3.05, 3.63) is 65.5 Å². The highest BCUT2D eigenvalue weighted by Gasteiger charge is 2.07. The monoisotopic (exact) mass is 485 g/mol. The number of hydrogen-bond acceptors (Lipinski definition) is 10. The maximum Gasteiger partial charge on any atom is 0.229 e. The van der Waals surface area contributed by atoms with Crippen molar-refractivity contribution >= 4 is 17.8 Å². The van der Waals surface area contributed by atoms with Gasteiger partial charge in [-0.1, -0.05) is 24.3 Å². The van der Waals surface area contributed by atoms with Crippen molar-refractivity contribution in [2.24, 2.45) is 5.73 Å². The molecule has 11 heteroatoms. The zero-order valence-electron chi connectivity index (χ0n) is 19.8. The molecule has 0 bridgehead atoms. The average Bonchev–Trinajstić information content (AvgIpc) is 2.89. The van der Waals surface area contributed by atoms with E-state index in [1.165, 1.54) is 12.1 Å². The van der Waals surface area contributed by atoms with Crippen LogP contribution < -0.4 is 26.4 Å². The molecule has 0 atom stereocenters. The minimum Gasteiger partial charge on any atom is -0.497 e. The van der Waals surface area contributed by atoms with Crippen LogP contribution in [-0.2, 0) is 22.6 Å². The van der Waals surface area contributed by atoms with Gasteiger partial charge in [-0.3, -0.25) is 0 Å². The van der Waals surface area contributed by atoms with Crippen LogP contribution in [0.5, 0.6) is 5.75 Å². The van der Waals surface area contributed by atoms with Gasteiger partial charge in [0.1, 0.15) is 11.6 Å². The summed E-state index contributed by atoms with van der Waals surface area (Å²) in [5, 5.41) is 9.54. The molecule has 10 nitrogen and oxygen atoms in total. The van der Waals surface area contributed by atoms with Gasteiger partial charge in [0.2, 0.25) is 17.8 Å². The van der Waals surface area contributed by atoms with Gasteiger partial charge in [0.25, 0.3) is 0 Å². The van der Waals surface area contributed by atoms with E-state index in [9.17, 15) is 4.39 Å². The van der Waals surface area contributed by atoms with Crippen LogP contribution in [0.25, 0.3) is 0 Å². The third kappa shape index (κ3) is 9.69. The molecule has 0 amide bonds. The van der Waals surface area contributed by atoms with Gasteiger partial charge in [-0.15, -0.1) is 0 Å². The topological polar surface area (TPSA) is 128 Å². The van der Waals surface area contributed by atoms with Crippen LogP contribution in [0.1, 0.15) is 11.1 Å². The Labute approximate surface area is 204 Å². The molecule has 188 valence electrons. The van der Waals surface area contributed by atoms with Gasteiger partial charge in [-0.05, 0) is 35.4 Å². The molecule has 0 fully saturated rings. The number of aromatic nitrogens is 3. The zero-order valence-corrected chi connectivity index (χ0v) is 19.8. The van der Waals surface area contributed by atoms with Crippen molar-refractivity contribution in [1.29, 1.82) is 0 Å². The van der Waals surface area contributed by atoms with Gasteiger partial charge in [0, 0.05) is 26.2 Å². The third-order valence-electron chi connectivity index (χ3n) is 4.77. The molecular formula is C24H32FN7O3. The Kier molecular flexibility index (Phi) is 10.9. The molecule has 3 rings (SSSR count). The maximum atomic E-state index is 13.2. The van der Waals surface area contributed by atoms with Crippen LogP contribution in [0.4, 0.5) is 22.2 Å². The molecule has 0 radical (unpaired) electrons. The van der Waals surface area contributed by atoms with E-state index >= 15 is 0 Å². The molecule has 0 aliphatic heterocycles. The van der Waals surface area contributed by atoms with Crippen molar-refractivity contribution in [3.8, 4) is 5.75 Å². The molecule has 3 aromatic rings. The average molecular weight is 486 g/mol. The summed E-state index contributed by atoms with van der Waals surface area (Å²) in [6, 6.07) is 14.0. The number of halogens is 1. The molecule has 0 unspecified atom stereocenters. The fourth-order valence-corrected chi connectivity index (χ4v) is 2.96. The molecule has 1 aromatic heterocycles. The van der Waals surface area contributed by atoms with Gasteiger partial charge < -0.3 is 35.9 Å². The molecule has 0 aliphatic carbocycles. The van der Waals surface area contributed by atoms with E-state index in [4.69, 9.17) is 19.9 Å². The van der Waals surface area contributed by atoms with Crippen molar-refractivity contribution < 1.29 is 18.6 Å². The summed E-state index contributed by atoms with van der Waals surface area (Å²) < 4.78 is 29.2. The van der Waals surface area contributed by atoms with E-state index in [0.29, 0.717) is 70.5 Å². The normalized spacial score (nSPS) is 10.7. The molecule has 2 aromatic carbocycles. The van der Waals surface area contributed by atoms with Crippen LogP contribution in [0.3, 0.4) is 0 Å². The number of ether oxygens (including phenoxy) is 3. The van der Waals surface area contributed by atoms with Crippen molar-refractivity contribution in [1.82, 2.24) is 15.0 Å². The van der Waals surface area contributed by atoms with Gasteiger partial charge in [-0.25, -0.2) is 4.39 Å². The van der Waals surface area contributed by atoms with Crippen LogP contribution in [-0.4, -0.2) is 61.6 Å². The number of nitrogens with zero attached hydrogens (tertiary/aromatic N) is 3. The fraction of sp³-hybridized carbons (Fsp3) is 0.375. The van der Waals surface area contributed by atoms with Gasteiger partial charge in [-0.2, -0.15) is 15.0 Å². The Morgan fingerprint density at radius 3 is 1.77 bits per heavy atom. The largest absolute Gasteiger partial charge is 0.497 e. The first-order valence-corrected chi connectivity index (χ1v) is 11.4. The lowest BCUT2D eigenvalue weighted by Gasteiger charge is -2.12. The van der Waals surface area contributed by atoms with E-state index < -0.39 is 0 Å². The van der Waals surface area contributed by atoms with Crippen molar-refractivity contribution in [3.63, 3.8) is 0 Å². The number of methoxy groups -OCH3 is 1. The summed E-state index contributed by atoms with van der Waals surface area (Å²) in [6.45, 7) is 3.93. The highest BCUT2D eigenvalue weighted by Crippen LogP contribution is 2.14. The van der Waals surface area contributed by atoms with E-state index in [-0.39, 0.29) is 5.82 Å². The number of rotatable bonds is 16. The van der Waals surface area contributed by atoms with Gasteiger partial charge >= 0.3 is 0 Å². The van der Waals surface area contributed by atoms with E-state index in [1.807, 2.05) is 24.3 Å². The lowest BCUT2D eigenvalue weighted by molar-refractivity contribution is 0.0547. The lowest BCUT2D eigenvalue weighted by Crippen LogP contribution is -2.17. The number of anilines is 3. The summed E-state index contributed by atoms with van der Waals surface area (Å²) in [5.41, 5.74) is 7.33. The van der Waals surface area contributed by atoms with E-state index in [0.717, 1.165) is 16.9 Å². The first kappa shape index (κ1) is 26.1. The minimum absolute atomic E-state index is 0.279. The summed E-state index contributed by atoms with van der Waals surface area (Å²) in [6.07, 6.45) is 0.